The standard InChI is InChI=1S/C14H18BrNO3/c1-2-8-16(9-10-17)14(18)7-11-19-13-5-3-12(15)4-6-13/h2-6,17H,1,7-11H2. The van der Waals surface area contributed by atoms with Crippen molar-refractivity contribution in [3.8, 4) is 5.75 Å². The van der Waals surface area contributed by atoms with Crippen LogP contribution < -0.4 is 4.74 Å². The van der Waals surface area contributed by atoms with E-state index in [0.29, 0.717) is 19.7 Å². The van der Waals surface area contributed by atoms with Crippen LogP contribution in [0, 0.1) is 0 Å². The number of ether oxygens (including phenoxy) is 1. The number of amides is 1. The molecule has 0 heterocycles. The van der Waals surface area contributed by atoms with Gasteiger partial charge in [0.15, 0.2) is 0 Å². The number of benzene rings is 1. The van der Waals surface area contributed by atoms with Crippen LogP contribution in [0.4, 0.5) is 0 Å². The van der Waals surface area contributed by atoms with Gasteiger partial charge in [-0.25, -0.2) is 0 Å². The summed E-state index contributed by atoms with van der Waals surface area (Å²) >= 11 is 3.34. The van der Waals surface area contributed by atoms with Gasteiger partial charge in [0.05, 0.1) is 19.6 Å². The van der Waals surface area contributed by atoms with Gasteiger partial charge in [-0.2, -0.15) is 0 Å². The Kier molecular flexibility index (Phi) is 7.22. The molecule has 104 valence electrons. The molecule has 1 aromatic rings. The Labute approximate surface area is 121 Å². The van der Waals surface area contributed by atoms with E-state index in [2.05, 4.69) is 22.5 Å². The Bertz CT molecular complexity index is 406. The van der Waals surface area contributed by atoms with Crippen molar-refractivity contribution in [3.05, 3.63) is 41.4 Å². The van der Waals surface area contributed by atoms with E-state index in [-0.39, 0.29) is 18.9 Å². The minimum absolute atomic E-state index is 0.0485. The molecule has 0 bridgehead atoms. The lowest BCUT2D eigenvalue weighted by Crippen LogP contribution is -2.34. The van der Waals surface area contributed by atoms with Gasteiger partial charge >= 0.3 is 0 Å². The van der Waals surface area contributed by atoms with Crippen molar-refractivity contribution in [3.63, 3.8) is 0 Å². The predicted octanol–water partition coefficient (Wildman–Crippen LogP) is 2.22. The van der Waals surface area contributed by atoms with Crippen LogP contribution in [-0.2, 0) is 4.79 Å². The molecule has 0 saturated heterocycles. The Morgan fingerprint density at radius 2 is 2.11 bits per heavy atom. The van der Waals surface area contributed by atoms with Gasteiger partial charge in [0.25, 0.3) is 0 Å². The first-order chi connectivity index (χ1) is 9.17. The van der Waals surface area contributed by atoms with Crippen molar-refractivity contribution in [1.82, 2.24) is 4.90 Å². The second-order valence-corrected chi connectivity index (χ2v) is 4.82. The highest BCUT2D eigenvalue weighted by Crippen LogP contribution is 2.16. The monoisotopic (exact) mass is 327 g/mol. The molecule has 0 unspecified atom stereocenters. The summed E-state index contributed by atoms with van der Waals surface area (Å²) in [5.41, 5.74) is 0. The largest absolute Gasteiger partial charge is 0.493 e. The molecule has 5 heteroatoms. The second-order valence-electron chi connectivity index (χ2n) is 3.90. The zero-order valence-corrected chi connectivity index (χ0v) is 12.3. The molecule has 0 saturated carbocycles. The lowest BCUT2D eigenvalue weighted by Gasteiger charge is -2.19. The fourth-order valence-electron chi connectivity index (χ4n) is 1.54. The molecular weight excluding hydrogens is 310 g/mol. The molecule has 0 aliphatic heterocycles. The normalized spacial score (nSPS) is 10.0. The molecule has 0 aromatic heterocycles. The van der Waals surface area contributed by atoms with E-state index in [9.17, 15) is 4.79 Å². The Morgan fingerprint density at radius 1 is 1.42 bits per heavy atom. The highest BCUT2D eigenvalue weighted by atomic mass is 79.9. The molecule has 0 spiro atoms. The number of carbonyl (C=O) groups excluding carboxylic acids is 1. The highest BCUT2D eigenvalue weighted by Gasteiger charge is 2.11. The van der Waals surface area contributed by atoms with E-state index in [1.165, 1.54) is 0 Å². The molecule has 0 fully saturated rings. The number of nitrogens with zero attached hydrogens (tertiary/aromatic N) is 1. The first-order valence-electron chi connectivity index (χ1n) is 6.05. The van der Waals surface area contributed by atoms with Gasteiger partial charge in [-0.15, -0.1) is 6.58 Å². The van der Waals surface area contributed by atoms with Gasteiger partial charge in [0, 0.05) is 17.6 Å². The van der Waals surface area contributed by atoms with Crippen LogP contribution in [0.2, 0.25) is 0 Å². The van der Waals surface area contributed by atoms with E-state index in [4.69, 9.17) is 9.84 Å². The van der Waals surface area contributed by atoms with Crippen LogP contribution >= 0.6 is 15.9 Å². The van der Waals surface area contributed by atoms with Gasteiger partial charge < -0.3 is 14.7 Å². The summed E-state index contributed by atoms with van der Waals surface area (Å²) in [4.78, 5) is 13.4. The number of aliphatic hydroxyl groups is 1. The van der Waals surface area contributed by atoms with Crippen molar-refractivity contribution < 1.29 is 14.6 Å². The van der Waals surface area contributed by atoms with Crippen LogP contribution in [0.1, 0.15) is 6.42 Å². The highest BCUT2D eigenvalue weighted by molar-refractivity contribution is 9.10. The summed E-state index contributed by atoms with van der Waals surface area (Å²) in [6.45, 7) is 4.63. The zero-order chi connectivity index (χ0) is 14.1. The van der Waals surface area contributed by atoms with Crippen LogP contribution in [-0.4, -0.2) is 42.2 Å². The van der Waals surface area contributed by atoms with E-state index in [1.807, 2.05) is 24.3 Å². The average Bonchev–Trinajstić information content (AvgIpc) is 2.40. The lowest BCUT2D eigenvalue weighted by atomic mass is 10.3. The fourth-order valence-corrected chi connectivity index (χ4v) is 1.80. The summed E-state index contributed by atoms with van der Waals surface area (Å²) in [6.07, 6.45) is 1.92. The van der Waals surface area contributed by atoms with E-state index in [1.54, 1.807) is 11.0 Å². The second kappa shape index (κ2) is 8.72. The maximum atomic E-state index is 11.8. The van der Waals surface area contributed by atoms with Crippen LogP contribution in [0.5, 0.6) is 5.75 Å². The van der Waals surface area contributed by atoms with Crippen LogP contribution in [0.3, 0.4) is 0 Å². The van der Waals surface area contributed by atoms with Crippen LogP contribution in [0.15, 0.2) is 41.4 Å². The van der Waals surface area contributed by atoms with Crippen molar-refractivity contribution >= 4 is 21.8 Å². The third kappa shape index (κ3) is 5.89. The van der Waals surface area contributed by atoms with Gasteiger partial charge in [0.1, 0.15) is 5.75 Å². The molecule has 1 rings (SSSR count). The van der Waals surface area contributed by atoms with Gasteiger partial charge in [0.2, 0.25) is 5.91 Å². The lowest BCUT2D eigenvalue weighted by molar-refractivity contribution is -0.131. The van der Waals surface area contributed by atoms with Crippen molar-refractivity contribution in [1.29, 1.82) is 0 Å². The average molecular weight is 328 g/mol. The molecule has 0 atom stereocenters. The molecule has 1 amide bonds. The molecule has 0 aliphatic rings. The first kappa shape index (κ1) is 15.7. The van der Waals surface area contributed by atoms with Gasteiger partial charge in [-0.1, -0.05) is 22.0 Å². The first-order valence-corrected chi connectivity index (χ1v) is 6.84. The third-order valence-corrected chi connectivity index (χ3v) is 3.00. The number of carbonyl (C=O) groups is 1. The summed E-state index contributed by atoms with van der Waals surface area (Å²) in [7, 11) is 0. The van der Waals surface area contributed by atoms with Crippen molar-refractivity contribution in [2.24, 2.45) is 0 Å². The van der Waals surface area contributed by atoms with Crippen molar-refractivity contribution in [2.45, 2.75) is 6.42 Å². The fraction of sp³-hybridized carbons (Fsp3) is 0.357. The smallest absolute Gasteiger partial charge is 0.226 e. The predicted molar refractivity (Wildman–Crippen MR) is 78.1 cm³/mol. The Balaban J connectivity index is 2.36. The van der Waals surface area contributed by atoms with E-state index < -0.39 is 0 Å². The van der Waals surface area contributed by atoms with Crippen molar-refractivity contribution in [2.75, 3.05) is 26.3 Å². The minimum Gasteiger partial charge on any atom is -0.493 e. The number of hydrogen-bond acceptors (Lipinski definition) is 3. The van der Waals surface area contributed by atoms with Gasteiger partial charge in [-0.3, -0.25) is 4.79 Å². The maximum absolute atomic E-state index is 11.8. The van der Waals surface area contributed by atoms with E-state index >= 15 is 0 Å². The van der Waals surface area contributed by atoms with Gasteiger partial charge in [-0.05, 0) is 24.3 Å². The SMILES string of the molecule is C=CCN(CCO)C(=O)CCOc1ccc(Br)cc1. The number of hydrogen-bond donors (Lipinski definition) is 1. The summed E-state index contributed by atoms with van der Waals surface area (Å²) in [5, 5.41) is 8.88. The maximum Gasteiger partial charge on any atom is 0.226 e. The Hall–Kier alpha value is -1.33. The zero-order valence-electron chi connectivity index (χ0n) is 10.7. The summed E-state index contributed by atoms with van der Waals surface area (Å²) < 4.78 is 6.46. The number of aliphatic hydroxyl groups excluding tert-OH is 1. The van der Waals surface area contributed by atoms with Crippen LogP contribution in [0.25, 0.3) is 0 Å². The number of rotatable bonds is 8. The molecule has 0 radical (unpaired) electrons. The molecular formula is C14H18BrNO3. The van der Waals surface area contributed by atoms with E-state index in [0.717, 1.165) is 10.2 Å². The summed E-state index contributed by atoms with van der Waals surface area (Å²) in [6, 6.07) is 7.44. The quantitative estimate of drug-likeness (QED) is 0.745. The molecule has 1 N–H and O–H groups in total. The molecule has 4 nitrogen and oxygen atoms in total. The molecule has 19 heavy (non-hydrogen) atoms. The number of halogens is 1. The Morgan fingerprint density at radius 3 is 2.68 bits per heavy atom. The molecule has 0 aliphatic carbocycles. The molecule has 1 aromatic carbocycles. The minimum atomic E-state index is -0.0499. The third-order valence-electron chi connectivity index (χ3n) is 2.47. The summed E-state index contributed by atoms with van der Waals surface area (Å²) in [5.74, 6) is 0.680. The topological polar surface area (TPSA) is 49.8 Å².